The lowest BCUT2D eigenvalue weighted by molar-refractivity contribution is -0.119. The molecule has 0 heterocycles. The molecule has 0 aliphatic rings. The van der Waals surface area contributed by atoms with Gasteiger partial charge in [-0.3, -0.25) is 4.79 Å². The first-order chi connectivity index (χ1) is 12.1. The predicted molar refractivity (Wildman–Crippen MR) is 98.7 cm³/mol. The highest BCUT2D eigenvalue weighted by Gasteiger charge is 2.09. The summed E-state index contributed by atoms with van der Waals surface area (Å²) in [5, 5.41) is 2.87. The first-order valence-corrected chi connectivity index (χ1v) is 9.11. The molecule has 1 amide bonds. The summed E-state index contributed by atoms with van der Waals surface area (Å²) < 4.78 is 24.2. The predicted octanol–water partition coefficient (Wildman–Crippen LogP) is 3.65. The largest absolute Gasteiger partial charge is 0.497 e. The van der Waals surface area contributed by atoms with Crippen molar-refractivity contribution in [2.75, 3.05) is 19.5 Å². The van der Waals surface area contributed by atoms with Crippen LogP contribution in [0.5, 0.6) is 11.5 Å². The van der Waals surface area contributed by atoms with Crippen LogP contribution in [0.4, 0.5) is 4.39 Å². The third-order valence-corrected chi connectivity index (χ3v) is 4.40. The van der Waals surface area contributed by atoms with Crippen molar-refractivity contribution in [1.82, 2.24) is 5.32 Å². The van der Waals surface area contributed by atoms with Gasteiger partial charge in [-0.25, -0.2) is 4.39 Å². The molecule has 0 aromatic heterocycles. The lowest BCUT2D eigenvalue weighted by Crippen LogP contribution is -2.37. The molecule has 134 valence electrons. The molecule has 25 heavy (non-hydrogen) atoms. The van der Waals surface area contributed by atoms with Crippen molar-refractivity contribution < 1.29 is 18.7 Å². The maximum atomic E-state index is 13.5. The van der Waals surface area contributed by atoms with Crippen LogP contribution < -0.4 is 14.8 Å². The van der Waals surface area contributed by atoms with Gasteiger partial charge in [-0.1, -0.05) is 18.2 Å². The van der Waals surface area contributed by atoms with Gasteiger partial charge in [-0.2, -0.15) is 0 Å². The summed E-state index contributed by atoms with van der Waals surface area (Å²) >= 11 is 1.38. The monoisotopic (exact) mass is 363 g/mol. The number of amides is 1. The van der Waals surface area contributed by atoms with E-state index in [1.807, 2.05) is 31.2 Å². The minimum absolute atomic E-state index is 0.0906. The molecule has 0 aliphatic carbocycles. The number of halogens is 1. The SMILES string of the molecule is COc1ccc(OC[C@H](C)NC(=O)CSCc2ccccc2F)cc1. The smallest absolute Gasteiger partial charge is 0.230 e. The Hall–Kier alpha value is -2.21. The molecule has 6 heteroatoms. The zero-order valence-electron chi connectivity index (χ0n) is 14.3. The Kier molecular flexibility index (Phi) is 7.60. The van der Waals surface area contributed by atoms with Crippen molar-refractivity contribution in [1.29, 1.82) is 0 Å². The Balaban J connectivity index is 1.66. The molecule has 0 spiro atoms. The minimum Gasteiger partial charge on any atom is -0.497 e. The molecule has 0 saturated carbocycles. The van der Waals surface area contributed by atoms with Gasteiger partial charge in [0.05, 0.1) is 18.9 Å². The average Bonchev–Trinajstić information content (AvgIpc) is 2.62. The highest BCUT2D eigenvalue weighted by atomic mass is 32.2. The van der Waals surface area contributed by atoms with E-state index in [1.165, 1.54) is 17.8 Å². The summed E-state index contributed by atoms with van der Waals surface area (Å²) in [4.78, 5) is 11.9. The quantitative estimate of drug-likeness (QED) is 0.739. The summed E-state index contributed by atoms with van der Waals surface area (Å²) in [6.45, 7) is 2.25. The van der Waals surface area contributed by atoms with Crippen molar-refractivity contribution in [3.8, 4) is 11.5 Å². The zero-order chi connectivity index (χ0) is 18.1. The van der Waals surface area contributed by atoms with E-state index >= 15 is 0 Å². The van der Waals surface area contributed by atoms with Crippen molar-refractivity contribution in [2.45, 2.75) is 18.7 Å². The van der Waals surface area contributed by atoms with Gasteiger partial charge in [0, 0.05) is 5.75 Å². The van der Waals surface area contributed by atoms with Crippen molar-refractivity contribution in [2.24, 2.45) is 0 Å². The number of nitrogens with one attached hydrogen (secondary N) is 1. The lowest BCUT2D eigenvalue weighted by atomic mass is 10.2. The van der Waals surface area contributed by atoms with E-state index < -0.39 is 0 Å². The van der Waals surface area contributed by atoms with Crippen molar-refractivity contribution in [3.05, 3.63) is 59.9 Å². The van der Waals surface area contributed by atoms with Crippen LogP contribution in [-0.2, 0) is 10.5 Å². The second kappa shape index (κ2) is 9.93. The fraction of sp³-hybridized carbons (Fsp3) is 0.316. The summed E-state index contributed by atoms with van der Waals surface area (Å²) in [6, 6.07) is 13.7. The van der Waals surface area contributed by atoms with Crippen LogP contribution in [0.15, 0.2) is 48.5 Å². The van der Waals surface area contributed by atoms with E-state index in [0.717, 1.165) is 11.5 Å². The molecule has 0 bridgehead atoms. The molecule has 2 rings (SSSR count). The summed E-state index contributed by atoms with van der Waals surface area (Å²) in [7, 11) is 1.61. The Bertz CT molecular complexity index is 679. The Morgan fingerprint density at radius 3 is 2.52 bits per heavy atom. The van der Waals surface area contributed by atoms with Crippen LogP contribution in [0.2, 0.25) is 0 Å². The standard InChI is InChI=1S/C19H22FNO3S/c1-14(11-24-17-9-7-16(23-2)8-10-17)21-19(22)13-25-12-15-5-3-4-6-18(15)20/h3-10,14H,11-13H2,1-2H3,(H,21,22)/t14-/m0/s1. The molecule has 1 atom stereocenters. The fourth-order valence-electron chi connectivity index (χ4n) is 2.12. The number of hydrogen-bond donors (Lipinski definition) is 1. The van der Waals surface area contributed by atoms with E-state index in [-0.39, 0.29) is 23.5 Å². The van der Waals surface area contributed by atoms with Crippen LogP contribution in [0.1, 0.15) is 12.5 Å². The third kappa shape index (κ3) is 6.66. The van der Waals surface area contributed by atoms with Crippen LogP contribution in [0.25, 0.3) is 0 Å². The molecule has 2 aromatic carbocycles. The van der Waals surface area contributed by atoms with Gasteiger partial charge in [-0.15, -0.1) is 11.8 Å². The Labute approximate surface area is 151 Å². The van der Waals surface area contributed by atoms with E-state index in [9.17, 15) is 9.18 Å². The number of carbonyl (C=O) groups excluding carboxylic acids is 1. The molecule has 0 radical (unpaired) electrons. The second-order valence-electron chi connectivity index (χ2n) is 5.54. The van der Waals surface area contributed by atoms with Gasteiger partial charge in [0.2, 0.25) is 5.91 Å². The van der Waals surface area contributed by atoms with E-state index in [2.05, 4.69) is 5.32 Å². The molecule has 1 N–H and O–H groups in total. The summed E-state index contributed by atoms with van der Waals surface area (Å²) in [5.41, 5.74) is 0.608. The summed E-state index contributed by atoms with van der Waals surface area (Å²) in [5.74, 6) is 1.90. The maximum absolute atomic E-state index is 13.5. The Morgan fingerprint density at radius 2 is 1.84 bits per heavy atom. The van der Waals surface area contributed by atoms with Crippen LogP contribution >= 0.6 is 11.8 Å². The number of thioether (sulfide) groups is 1. The number of rotatable bonds is 9. The molecule has 4 nitrogen and oxygen atoms in total. The molecule has 0 unspecified atom stereocenters. The topological polar surface area (TPSA) is 47.6 Å². The van der Waals surface area contributed by atoms with Crippen LogP contribution in [0, 0.1) is 5.82 Å². The third-order valence-electron chi connectivity index (χ3n) is 3.42. The van der Waals surface area contributed by atoms with Crippen LogP contribution in [-0.4, -0.2) is 31.4 Å². The normalized spacial score (nSPS) is 11.6. The van der Waals surface area contributed by atoms with Crippen molar-refractivity contribution in [3.63, 3.8) is 0 Å². The number of ether oxygens (including phenoxy) is 2. The minimum atomic E-state index is -0.239. The zero-order valence-corrected chi connectivity index (χ0v) is 15.1. The van der Waals surface area contributed by atoms with Crippen molar-refractivity contribution >= 4 is 17.7 Å². The van der Waals surface area contributed by atoms with E-state index in [0.29, 0.717) is 17.9 Å². The molecular weight excluding hydrogens is 341 g/mol. The molecule has 0 fully saturated rings. The fourth-order valence-corrected chi connectivity index (χ4v) is 2.95. The van der Waals surface area contributed by atoms with Crippen LogP contribution in [0.3, 0.4) is 0 Å². The van der Waals surface area contributed by atoms with Gasteiger partial charge in [0.25, 0.3) is 0 Å². The van der Waals surface area contributed by atoms with Gasteiger partial charge < -0.3 is 14.8 Å². The van der Waals surface area contributed by atoms with Gasteiger partial charge in [0.1, 0.15) is 23.9 Å². The maximum Gasteiger partial charge on any atom is 0.230 e. The molecular formula is C19H22FNO3S. The van der Waals surface area contributed by atoms with E-state index in [1.54, 1.807) is 25.3 Å². The first kappa shape index (κ1) is 19.1. The molecule has 0 saturated heterocycles. The number of hydrogen-bond acceptors (Lipinski definition) is 4. The van der Waals surface area contributed by atoms with Gasteiger partial charge in [-0.05, 0) is 42.8 Å². The number of carbonyl (C=O) groups is 1. The average molecular weight is 363 g/mol. The van der Waals surface area contributed by atoms with Gasteiger partial charge in [0.15, 0.2) is 0 Å². The molecule has 2 aromatic rings. The Morgan fingerprint density at radius 1 is 1.16 bits per heavy atom. The highest BCUT2D eigenvalue weighted by molar-refractivity contribution is 7.99. The number of methoxy groups -OCH3 is 1. The molecule has 0 aliphatic heterocycles. The van der Waals surface area contributed by atoms with E-state index in [4.69, 9.17) is 9.47 Å². The highest BCUT2D eigenvalue weighted by Crippen LogP contribution is 2.17. The summed E-state index contributed by atoms with van der Waals surface area (Å²) in [6.07, 6.45) is 0. The lowest BCUT2D eigenvalue weighted by Gasteiger charge is -2.15. The first-order valence-electron chi connectivity index (χ1n) is 7.96. The number of benzene rings is 2. The van der Waals surface area contributed by atoms with Gasteiger partial charge >= 0.3 is 0 Å². The second-order valence-corrected chi connectivity index (χ2v) is 6.52.